The van der Waals surface area contributed by atoms with E-state index in [4.69, 9.17) is 0 Å². The van der Waals surface area contributed by atoms with E-state index in [2.05, 4.69) is 31.2 Å². The van der Waals surface area contributed by atoms with E-state index in [1.54, 1.807) is 0 Å². The maximum atomic E-state index is 3.68. The van der Waals surface area contributed by atoms with E-state index in [9.17, 15) is 0 Å². The van der Waals surface area contributed by atoms with Gasteiger partial charge < -0.3 is 0 Å². The molecular formula is C6H11Li. The molecule has 0 spiro atoms. The van der Waals surface area contributed by atoms with Crippen LogP contribution in [0.4, 0.5) is 0 Å². The van der Waals surface area contributed by atoms with Gasteiger partial charge in [-0.2, -0.15) is 0 Å². The molecule has 0 aliphatic heterocycles. The molecule has 0 radical (unpaired) electrons. The van der Waals surface area contributed by atoms with Gasteiger partial charge in [-0.1, -0.05) is 0 Å². The van der Waals surface area contributed by atoms with Crippen LogP contribution in [0.2, 0.25) is 5.09 Å². The molecule has 0 aromatic carbocycles. The van der Waals surface area contributed by atoms with Crippen LogP contribution < -0.4 is 0 Å². The van der Waals surface area contributed by atoms with Crippen molar-refractivity contribution in [3.63, 3.8) is 0 Å². The van der Waals surface area contributed by atoms with Crippen molar-refractivity contribution in [1.82, 2.24) is 0 Å². The van der Waals surface area contributed by atoms with Gasteiger partial charge in [0.25, 0.3) is 0 Å². The first-order chi connectivity index (χ1) is 3.31. The average molecular weight is 90.1 g/mol. The molecule has 0 saturated heterocycles. The molecule has 0 saturated carbocycles. The molecule has 7 heavy (non-hydrogen) atoms. The van der Waals surface area contributed by atoms with Gasteiger partial charge in [0, 0.05) is 0 Å². The molecule has 0 aliphatic carbocycles. The zero-order chi connectivity index (χ0) is 5.70. The molecular weight excluding hydrogens is 79.0 g/mol. The summed E-state index contributed by atoms with van der Waals surface area (Å²) in [7, 11) is 0. The topological polar surface area (TPSA) is 0 Å². The normalized spacial score (nSPS) is 13.6. The van der Waals surface area contributed by atoms with Crippen LogP contribution >= 0.6 is 0 Å². The van der Waals surface area contributed by atoms with Gasteiger partial charge in [-0.25, -0.2) is 0 Å². The molecule has 0 aliphatic rings. The minimum atomic E-state index is 0.713. The van der Waals surface area contributed by atoms with E-state index in [0.29, 0.717) is 5.92 Å². The molecule has 1 heteroatoms. The summed E-state index contributed by atoms with van der Waals surface area (Å²) < 4.78 is 0. The number of hydrogen-bond acceptors (Lipinski definition) is 0. The van der Waals surface area contributed by atoms with Crippen LogP contribution in [0.5, 0.6) is 0 Å². The third-order valence-corrected chi connectivity index (χ3v) is 1.15. The molecule has 1 atom stereocenters. The molecule has 0 aromatic heterocycles. The predicted octanol–water partition coefficient (Wildman–Crippen LogP) is 1.79. The predicted molar refractivity (Wildman–Crippen MR) is 34.5 cm³/mol. The Morgan fingerprint density at radius 1 is 1.86 bits per heavy atom. The summed E-state index contributed by atoms with van der Waals surface area (Å²) in [5.74, 6) is 0.713. The second-order valence-corrected chi connectivity index (χ2v) is 2.00. The summed E-state index contributed by atoms with van der Waals surface area (Å²) >= 11 is 2.19. The first-order valence-electron chi connectivity index (χ1n) is 2.93. The summed E-state index contributed by atoms with van der Waals surface area (Å²) in [6.45, 7) is 5.87. The van der Waals surface area contributed by atoms with Crippen LogP contribution in [0.25, 0.3) is 0 Å². The Bertz CT molecular complexity index is 50.1. The molecule has 0 N–H and O–H groups in total. The van der Waals surface area contributed by atoms with E-state index < -0.39 is 0 Å². The summed E-state index contributed by atoms with van der Waals surface area (Å²) in [5, 5.41) is 1.27. The monoisotopic (exact) mass is 90.1 g/mol. The first kappa shape index (κ1) is 7.34. The summed E-state index contributed by atoms with van der Waals surface area (Å²) in [6.07, 6.45) is 3.28. The Kier molecular flexibility index (Phi) is 4.71. The minimum absolute atomic E-state index is 0.713. The van der Waals surface area contributed by atoms with E-state index in [0.717, 1.165) is 0 Å². The van der Waals surface area contributed by atoms with Crippen LogP contribution in [0.3, 0.4) is 0 Å². The molecule has 0 amide bonds. The van der Waals surface area contributed by atoms with Crippen molar-refractivity contribution in [2.45, 2.75) is 18.4 Å². The van der Waals surface area contributed by atoms with Crippen LogP contribution in [-0.4, -0.2) is 17.7 Å². The molecule has 0 bridgehead atoms. The zero-order valence-corrected chi connectivity index (χ0v) is 5.28. The summed E-state index contributed by atoms with van der Waals surface area (Å²) in [6, 6.07) is 0. The standard InChI is InChI=1S/C6H11.Li/c1-4-6(3)5-2;/h4,6H,1-2,5H2,3H3;. The molecule has 0 nitrogen and oxygen atoms in total. The first-order valence-corrected chi connectivity index (χ1v) is 2.93. The number of allylic oxidation sites excluding steroid dienone is 1. The molecule has 0 rings (SSSR count). The summed E-state index contributed by atoms with van der Waals surface area (Å²) in [5.41, 5.74) is 0. The van der Waals surface area contributed by atoms with E-state index in [1.165, 1.54) is 11.5 Å². The second kappa shape index (κ2) is 4.50. The van der Waals surface area contributed by atoms with Gasteiger partial charge in [0.1, 0.15) is 0 Å². The van der Waals surface area contributed by atoms with Crippen molar-refractivity contribution >= 4 is 17.7 Å². The molecule has 0 aromatic rings. The van der Waals surface area contributed by atoms with Crippen LogP contribution in [0.15, 0.2) is 12.7 Å². The van der Waals surface area contributed by atoms with E-state index in [1.807, 2.05) is 6.08 Å². The molecule has 0 heterocycles. The number of hydrogen-bond donors (Lipinski definition) is 0. The van der Waals surface area contributed by atoms with Crippen LogP contribution in [0, 0.1) is 5.92 Å². The van der Waals surface area contributed by atoms with Gasteiger partial charge in [-0.15, -0.1) is 0 Å². The van der Waals surface area contributed by atoms with Crippen LogP contribution in [-0.2, 0) is 0 Å². The second-order valence-electron chi connectivity index (χ2n) is 2.00. The van der Waals surface area contributed by atoms with E-state index >= 15 is 0 Å². The molecule has 1 unspecified atom stereocenters. The van der Waals surface area contributed by atoms with Crippen molar-refractivity contribution in [3.8, 4) is 0 Å². The fraction of sp³-hybridized carbons (Fsp3) is 0.667. The third-order valence-electron chi connectivity index (χ3n) is 1.15. The maximum absolute atomic E-state index is 3.68. The van der Waals surface area contributed by atoms with Crippen molar-refractivity contribution in [3.05, 3.63) is 12.7 Å². The average Bonchev–Trinajstić information content (AvgIpc) is 1.68. The fourth-order valence-electron chi connectivity index (χ4n) is 0.573. The van der Waals surface area contributed by atoms with Gasteiger partial charge in [0.05, 0.1) is 0 Å². The number of rotatable bonds is 3. The molecule has 36 valence electrons. The zero-order valence-electron chi connectivity index (χ0n) is 5.28. The van der Waals surface area contributed by atoms with Crippen molar-refractivity contribution in [1.29, 1.82) is 0 Å². The Hall–Kier alpha value is 0.337. The van der Waals surface area contributed by atoms with Gasteiger partial charge in [-0.05, 0) is 0 Å². The van der Waals surface area contributed by atoms with Gasteiger partial charge in [0.15, 0.2) is 0 Å². The quantitative estimate of drug-likeness (QED) is 0.366. The van der Waals surface area contributed by atoms with Crippen LogP contribution in [0.1, 0.15) is 13.3 Å². The Morgan fingerprint density at radius 3 is 2.57 bits per heavy atom. The van der Waals surface area contributed by atoms with Gasteiger partial charge >= 0.3 is 54.7 Å². The van der Waals surface area contributed by atoms with Crippen molar-refractivity contribution in [2.24, 2.45) is 5.92 Å². The van der Waals surface area contributed by atoms with Gasteiger partial charge in [-0.3, -0.25) is 0 Å². The SMILES string of the molecule is [Li][CH2]CC(C)C=C. The Morgan fingerprint density at radius 2 is 2.43 bits per heavy atom. The van der Waals surface area contributed by atoms with Gasteiger partial charge in [0.2, 0.25) is 0 Å². The molecule has 0 fully saturated rings. The Labute approximate surface area is 55.2 Å². The van der Waals surface area contributed by atoms with E-state index in [-0.39, 0.29) is 0 Å². The van der Waals surface area contributed by atoms with Crippen molar-refractivity contribution in [2.75, 3.05) is 0 Å². The summed E-state index contributed by atoms with van der Waals surface area (Å²) in [4.78, 5) is 0. The third kappa shape index (κ3) is 4.19. The fourth-order valence-corrected chi connectivity index (χ4v) is 0.573. The van der Waals surface area contributed by atoms with Crippen molar-refractivity contribution < 1.29 is 0 Å². The Balaban J connectivity index is 2.98.